The zero-order valence-corrected chi connectivity index (χ0v) is 7.14. The van der Waals surface area contributed by atoms with E-state index >= 15 is 0 Å². The summed E-state index contributed by atoms with van der Waals surface area (Å²) >= 11 is 0. The SMILES string of the molecule is COC(O)=c1ccc(=C[N+]#N)cc1. The standard InChI is InChI=1S/C9H8N2O2/c1-13-9(12)8-4-2-7(3-5-8)6-11-10/h2-6H,1H3/p+1. The molecule has 0 saturated carbocycles. The minimum atomic E-state index is -0.132. The van der Waals surface area contributed by atoms with Gasteiger partial charge in [-0.1, -0.05) is 0 Å². The molecule has 0 fully saturated rings. The van der Waals surface area contributed by atoms with Crippen molar-refractivity contribution in [3.05, 3.63) is 39.7 Å². The van der Waals surface area contributed by atoms with E-state index in [4.69, 9.17) is 10.5 Å². The van der Waals surface area contributed by atoms with Crippen LogP contribution in [0.15, 0.2) is 24.3 Å². The molecule has 0 bridgehead atoms. The highest BCUT2D eigenvalue weighted by Gasteiger charge is 1.91. The number of nitrogens with zero attached hydrogens (tertiary/aromatic N) is 2. The zero-order valence-electron chi connectivity index (χ0n) is 7.14. The van der Waals surface area contributed by atoms with E-state index in [1.807, 2.05) is 0 Å². The summed E-state index contributed by atoms with van der Waals surface area (Å²) in [6.45, 7) is 0. The fourth-order valence-corrected chi connectivity index (χ4v) is 0.896. The quantitative estimate of drug-likeness (QED) is 0.637. The Morgan fingerprint density at radius 3 is 2.54 bits per heavy atom. The smallest absolute Gasteiger partial charge is 0.357 e. The van der Waals surface area contributed by atoms with Crippen LogP contribution in [-0.2, 0) is 4.74 Å². The van der Waals surface area contributed by atoms with E-state index in [0.717, 1.165) is 5.22 Å². The Balaban J connectivity index is 3.24. The molecule has 66 valence electrons. The molecule has 0 spiro atoms. The lowest BCUT2D eigenvalue weighted by Crippen LogP contribution is -2.10. The highest BCUT2D eigenvalue weighted by atomic mass is 16.6. The minimum Gasteiger partial charge on any atom is -0.481 e. The van der Waals surface area contributed by atoms with Gasteiger partial charge >= 0.3 is 6.20 Å². The molecule has 0 amide bonds. The number of rotatable bonds is 1. The molecule has 1 N–H and O–H groups in total. The topological polar surface area (TPSA) is 57.6 Å². The molecular formula is C9H9N2O2+. The molecule has 1 aromatic rings. The second-order valence-corrected chi connectivity index (χ2v) is 2.38. The van der Waals surface area contributed by atoms with E-state index < -0.39 is 0 Å². The summed E-state index contributed by atoms with van der Waals surface area (Å²) in [5, 5.41) is 18.7. The second kappa shape index (κ2) is 4.12. The average Bonchev–Trinajstić information content (AvgIpc) is 2.18. The summed E-state index contributed by atoms with van der Waals surface area (Å²) in [5.74, 6) is -0.132. The predicted octanol–water partition coefficient (Wildman–Crippen LogP) is 0.548. The second-order valence-electron chi connectivity index (χ2n) is 2.38. The molecule has 0 saturated heterocycles. The number of hydrogen-bond donors (Lipinski definition) is 1. The van der Waals surface area contributed by atoms with Crippen LogP contribution < -0.4 is 10.4 Å². The summed E-state index contributed by atoms with van der Waals surface area (Å²) in [4.78, 5) is 2.88. The fraction of sp³-hybridized carbons (Fsp3) is 0.111. The lowest BCUT2D eigenvalue weighted by Gasteiger charge is -1.94. The van der Waals surface area contributed by atoms with Crippen molar-refractivity contribution in [2.75, 3.05) is 7.11 Å². The molecule has 1 aromatic carbocycles. The van der Waals surface area contributed by atoms with Gasteiger partial charge in [0.1, 0.15) is 0 Å². The van der Waals surface area contributed by atoms with Crippen molar-refractivity contribution in [3.63, 3.8) is 0 Å². The largest absolute Gasteiger partial charge is 0.481 e. The summed E-state index contributed by atoms with van der Waals surface area (Å²) in [6.07, 6.45) is 1.30. The first-order valence-corrected chi connectivity index (χ1v) is 3.65. The number of methoxy groups -OCH3 is 1. The van der Waals surface area contributed by atoms with Gasteiger partial charge in [0.05, 0.1) is 17.5 Å². The third-order valence-electron chi connectivity index (χ3n) is 1.56. The van der Waals surface area contributed by atoms with Gasteiger partial charge in [-0.15, -0.1) is 0 Å². The Bertz CT molecular complexity index is 422. The summed E-state index contributed by atoms with van der Waals surface area (Å²) < 4.78 is 4.63. The Labute approximate surface area is 75.0 Å². The molecule has 0 atom stereocenters. The molecule has 0 aromatic heterocycles. The molecule has 4 heteroatoms. The third kappa shape index (κ3) is 2.20. The fourth-order valence-electron chi connectivity index (χ4n) is 0.896. The summed E-state index contributed by atoms with van der Waals surface area (Å²) in [5.41, 5.74) is 0. The maximum absolute atomic E-state index is 9.16. The molecule has 0 unspecified atom stereocenters. The van der Waals surface area contributed by atoms with Crippen LogP contribution in [0.2, 0.25) is 0 Å². The average molecular weight is 177 g/mol. The zero-order chi connectivity index (χ0) is 9.68. The Kier molecular flexibility index (Phi) is 2.87. The highest BCUT2D eigenvalue weighted by molar-refractivity contribution is 5.32. The molecule has 0 aliphatic heterocycles. The molecular weight excluding hydrogens is 168 g/mol. The van der Waals surface area contributed by atoms with Gasteiger partial charge in [0, 0.05) is 0 Å². The van der Waals surface area contributed by atoms with Crippen LogP contribution >= 0.6 is 0 Å². The van der Waals surface area contributed by atoms with Gasteiger partial charge in [0.15, 0.2) is 4.98 Å². The van der Waals surface area contributed by atoms with Gasteiger partial charge in [-0.2, -0.15) is 0 Å². The Morgan fingerprint density at radius 2 is 2.08 bits per heavy atom. The van der Waals surface area contributed by atoms with E-state index in [1.165, 1.54) is 13.3 Å². The van der Waals surface area contributed by atoms with E-state index in [2.05, 4.69) is 9.71 Å². The number of ether oxygens (including phenoxy) is 1. The maximum Gasteiger partial charge on any atom is 0.357 e. The molecule has 0 heterocycles. The number of benzene rings is 1. The number of aliphatic hydroxyl groups excluding tert-OH is 1. The Morgan fingerprint density at radius 1 is 1.46 bits per heavy atom. The number of aliphatic hydroxyl groups is 1. The monoisotopic (exact) mass is 177 g/mol. The van der Waals surface area contributed by atoms with Crippen molar-refractivity contribution in [2.24, 2.45) is 0 Å². The number of hydrogen-bond acceptors (Lipinski definition) is 3. The van der Waals surface area contributed by atoms with Crippen molar-refractivity contribution in [1.82, 2.24) is 0 Å². The molecule has 0 radical (unpaired) electrons. The van der Waals surface area contributed by atoms with Crippen molar-refractivity contribution in [1.29, 1.82) is 5.39 Å². The first-order chi connectivity index (χ1) is 6.27. The lowest BCUT2D eigenvalue weighted by atomic mass is 10.3. The van der Waals surface area contributed by atoms with Crippen LogP contribution in [0.25, 0.3) is 17.1 Å². The van der Waals surface area contributed by atoms with E-state index in [-0.39, 0.29) is 5.95 Å². The van der Waals surface area contributed by atoms with Crippen LogP contribution in [0.1, 0.15) is 0 Å². The lowest BCUT2D eigenvalue weighted by molar-refractivity contribution is 0.231. The van der Waals surface area contributed by atoms with E-state index in [0.29, 0.717) is 5.22 Å². The molecule has 0 aliphatic rings. The van der Waals surface area contributed by atoms with Gasteiger partial charge < -0.3 is 9.84 Å². The van der Waals surface area contributed by atoms with Crippen molar-refractivity contribution >= 4 is 12.1 Å². The molecule has 1 rings (SSSR count). The van der Waals surface area contributed by atoms with E-state index in [1.54, 1.807) is 24.3 Å². The van der Waals surface area contributed by atoms with Crippen LogP contribution in [-0.4, -0.2) is 12.2 Å². The van der Waals surface area contributed by atoms with Crippen molar-refractivity contribution < 1.29 is 9.84 Å². The first kappa shape index (κ1) is 9.07. The number of diazo groups is 1. The molecule has 0 aliphatic carbocycles. The van der Waals surface area contributed by atoms with Crippen molar-refractivity contribution in [2.45, 2.75) is 0 Å². The van der Waals surface area contributed by atoms with Crippen LogP contribution in [0.3, 0.4) is 0 Å². The summed E-state index contributed by atoms with van der Waals surface area (Å²) in [7, 11) is 1.39. The van der Waals surface area contributed by atoms with Crippen LogP contribution in [0.5, 0.6) is 0 Å². The van der Waals surface area contributed by atoms with Crippen LogP contribution in [0.4, 0.5) is 0 Å². The van der Waals surface area contributed by atoms with Crippen molar-refractivity contribution in [3.8, 4) is 0 Å². The Hall–Kier alpha value is -2.02. The van der Waals surface area contributed by atoms with E-state index in [9.17, 15) is 0 Å². The minimum absolute atomic E-state index is 0.132. The summed E-state index contributed by atoms with van der Waals surface area (Å²) in [6, 6.07) is 6.72. The van der Waals surface area contributed by atoms with Gasteiger partial charge in [0.2, 0.25) is 5.39 Å². The van der Waals surface area contributed by atoms with Gasteiger partial charge in [-0.05, 0) is 24.3 Å². The maximum atomic E-state index is 9.16. The first-order valence-electron chi connectivity index (χ1n) is 3.65. The van der Waals surface area contributed by atoms with Gasteiger partial charge in [-0.25, -0.2) is 0 Å². The highest BCUT2D eigenvalue weighted by Crippen LogP contribution is 1.83. The van der Waals surface area contributed by atoms with Crippen LogP contribution in [0, 0.1) is 5.39 Å². The predicted molar refractivity (Wildman–Crippen MR) is 48.3 cm³/mol. The van der Waals surface area contributed by atoms with Gasteiger partial charge in [0.25, 0.3) is 5.95 Å². The molecule has 4 nitrogen and oxygen atoms in total. The normalized spacial score (nSPS) is 8.62. The third-order valence-corrected chi connectivity index (χ3v) is 1.56. The molecule has 13 heavy (non-hydrogen) atoms. The van der Waals surface area contributed by atoms with Gasteiger partial charge in [-0.3, -0.25) is 0 Å².